The molecule has 1 saturated carbocycles. The van der Waals surface area contributed by atoms with E-state index in [4.69, 9.17) is 9.47 Å². The molecule has 2 amide bonds. The number of carbonyl (C=O) groups is 3. The van der Waals surface area contributed by atoms with E-state index in [0.717, 1.165) is 12.8 Å². The summed E-state index contributed by atoms with van der Waals surface area (Å²) in [5.74, 6) is 0.129. The van der Waals surface area contributed by atoms with Crippen LogP contribution in [0.2, 0.25) is 0 Å². The number of carbonyl (C=O) groups excluding carboxylic acids is 3. The van der Waals surface area contributed by atoms with Crippen LogP contribution in [0.15, 0.2) is 0 Å². The highest BCUT2D eigenvalue weighted by atomic mass is 16.6. The molecule has 4 atom stereocenters. The Hall–Kier alpha value is -1.79. The maximum absolute atomic E-state index is 12.5. The number of hydrogen-bond acceptors (Lipinski definition) is 5. The van der Waals surface area contributed by atoms with Crippen molar-refractivity contribution in [2.45, 2.75) is 91.4 Å². The van der Waals surface area contributed by atoms with Gasteiger partial charge in [-0.15, -0.1) is 0 Å². The summed E-state index contributed by atoms with van der Waals surface area (Å²) in [6.07, 6.45) is 3.15. The molecule has 0 unspecified atom stereocenters. The number of ether oxygens (including phenoxy) is 2. The van der Waals surface area contributed by atoms with E-state index >= 15 is 0 Å². The van der Waals surface area contributed by atoms with Crippen molar-refractivity contribution in [2.24, 2.45) is 17.8 Å². The molecule has 0 aromatic rings. The van der Waals surface area contributed by atoms with E-state index in [9.17, 15) is 14.4 Å². The van der Waals surface area contributed by atoms with Gasteiger partial charge in [-0.2, -0.15) is 0 Å². The third-order valence-corrected chi connectivity index (χ3v) is 6.18. The van der Waals surface area contributed by atoms with Crippen LogP contribution in [0.5, 0.6) is 0 Å². The topological polar surface area (TPSA) is 84.9 Å². The SMILES string of the molecule is C[C@H]1[C@@H](NC(=O)[C@@H](C)OC(=O)C2CCN(C(=O)OC(C)(C)C)CC2)CCC[C@@H]1C. The minimum absolute atomic E-state index is 0.143. The average molecular weight is 411 g/mol. The fraction of sp³-hybridized carbons (Fsp3) is 0.864. The molecule has 0 bridgehead atoms. The Labute approximate surface area is 174 Å². The maximum atomic E-state index is 12.5. The summed E-state index contributed by atoms with van der Waals surface area (Å²) in [5, 5.41) is 3.07. The van der Waals surface area contributed by atoms with Gasteiger partial charge in [-0.3, -0.25) is 9.59 Å². The number of nitrogens with zero attached hydrogens (tertiary/aromatic N) is 1. The minimum atomic E-state index is -0.809. The zero-order chi connectivity index (χ0) is 21.8. The Morgan fingerprint density at radius 2 is 1.66 bits per heavy atom. The Morgan fingerprint density at radius 3 is 2.24 bits per heavy atom. The van der Waals surface area contributed by atoms with Crippen molar-refractivity contribution >= 4 is 18.0 Å². The normalized spacial score (nSPS) is 27.1. The van der Waals surface area contributed by atoms with Gasteiger partial charge in [0, 0.05) is 19.1 Å². The molecular formula is C22H38N2O5. The van der Waals surface area contributed by atoms with Crippen LogP contribution in [0.3, 0.4) is 0 Å². The lowest BCUT2D eigenvalue weighted by Crippen LogP contribution is -2.48. The predicted molar refractivity (Wildman–Crippen MR) is 110 cm³/mol. The molecule has 1 saturated heterocycles. The molecule has 0 spiro atoms. The monoisotopic (exact) mass is 410 g/mol. The number of nitrogens with one attached hydrogen (secondary N) is 1. The van der Waals surface area contributed by atoms with Crippen LogP contribution < -0.4 is 5.32 Å². The van der Waals surface area contributed by atoms with Crippen LogP contribution in [0, 0.1) is 17.8 Å². The Balaban J connectivity index is 1.77. The van der Waals surface area contributed by atoms with Crippen molar-refractivity contribution in [3.63, 3.8) is 0 Å². The second-order valence-electron chi connectivity index (χ2n) is 9.70. The van der Waals surface area contributed by atoms with Crippen molar-refractivity contribution in [1.29, 1.82) is 0 Å². The molecule has 29 heavy (non-hydrogen) atoms. The fourth-order valence-electron chi connectivity index (χ4n) is 4.03. The van der Waals surface area contributed by atoms with E-state index in [0.29, 0.717) is 37.8 Å². The minimum Gasteiger partial charge on any atom is -0.452 e. The van der Waals surface area contributed by atoms with E-state index in [1.165, 1.54) is 6.42 Å². The Morgan fingerprint density at radius 1 is 1.03 bits per heavy atom. The molecule has 2 rings (SSSR count). The summed E-state index contributed by atoms with van der Waals surface area (Å²) in [7, 11) is 0. The van der Waals surface area contributed by atoms with Gasteiger partial charge in [0.15, 0.2) is 6.10 Å². The molecule has 166 valence electrons. The van der Waals surface area contributed by atoms with Crippen LogP contribution in [0.25, 0.3) is 0 Å². The lowest BCUT2D eigenvalue weighted by atomic mass is 9.78. The third kappa shape index (κ3) is 6.89. The molecule has 7 nitrogen and oxygen atoms in total. The molecule has 0 aromatic heterocycles. The highest BCUT2D eigenvalue weighted by Crippen LogP contribution is 2.29. The van der Waals surface area contributed by atoms with Crippen LogP contribution in [0.4, 0.5) is 4.79 Å². The van der Waals surface area contributed by atoms with Gasteiger partial charge >= 0.3 is 12.1 Å². The first-order chi connectivity index (χ1) is 13.5. The molecule has 0 aromatic carbocycles. The van der Waals surface area contributed by atoms with Crippen LogP contribution >= 0.6 is 0 Å². The van der Waals surface area contributed by atoms with Gasteiger partial charge < -0.3 is 19.7 Å². The summed E-state index contributed by atoms with van der Waals surface area (Å²) < 4.78 is 10.8. The third-order valence-electron chi connectivity index (χ3n) is 6.18. The van der Waals surface area contributed by atoms with E-state index in [2.05, 4.69) is 19.2 Å². The van der Waals surface area contributed by atoms with Crippen molar-refractivity contribution in [3.05, 3.63) is 0 Å². The summed E-state index contributed by atoms with van der Waals surface area (Å²) in [4.78, 5) is 38.7. The molecule has 1 N–H and O–H groups in total. The number of amides is 2. The fourth-order valence-corrected chi connectivity index (χ4v) is 4.03. The lowest BCUT2D eigenvalue weighted by Gasteiger charge is -2.35. The molecule has 1 aliphatic heterocycles. The molecule has 7 heteroatoms. The van der Waals surface area contributed by atoms with Crippen molar-refractivity contribution in [1.82, 2.24) is 10.2 Å². The molecule has 0 radical (unpaired) electrons. The zero-order valence-corrected chi connectivity index (χ0v) is 18.8. The summed E-state index contributed by atoms with van der Waals surface area (Å²) in [6, 6.07) is 0.143. The number of esters is 1. The van der Waals surface area contributed by atoms with E-state index in [-0.39, 0.29) is 29.9 Å². The first-order valence-corrected chi connectivity index (χ1v) is 11.0. The van der Waals surface area contributed by atoms with Crippen LogP contribution in [0.1, 0.15) is 73.6 Å². The molecular weight excluding hydrogens is 372 g/mol. The molecule has 2 aliphatic rings. The Bertz CT molecular complexity index is 593. The summed E-state index contributed by atoms with van der Waals surface area (Å²) in [6.45, 7) is 12.4. The standard InChI is InChI=1S/C22H38N2O5/c1-14-8-7-9-18(15(14)2)23-19(25)16(3)28-20(26)17-10-12-24(13-11-17)21(27)29-22(4,5)6/h14-18H,7-13H2,1-6H3,(H,23,25)/t14-,15+,16+,18-/m0/s1. The van der Waals surface area contributed by atoms with Gasteiger partial charge in [0.1, 0.15) is 5.60 Å². The highest BCUT2D eigenvalue weighted by molar-refractivity contribution is 5.84. The number of likely N-dealkylation sites (tertiary alicyclic amines) is 1. The molecule has 1 heterocycles. The highest BCUT2D eigenvalue weighted by Gasteiger charge is 2.33. The van der Waals surface area contributed by atoms with Crippen molar-refractivity contribution < 1.29 is 23.9 Å². The number of rotatable bonds is 4. The van der Waals surface area contributed by atoms with Gasteiger partial charge in [-0.05, 0) is 58.8 Å². The van der Waals surface area contributed by atoms with Gasteiger partial charge in [0.25, 0.3) is 5.91 Å². The maximum Gasteiger partial charge on any atom is 0.410 e. The molecule has 2 fully saturated rings. The second-order valence-corrected chi connectivity index (χ2v) is 9.70. The van der Waals surface area contributed by atoms with E-state index < -0.39 is 11.7 Å². The van der Waals surface area contributed by atoms with Gasteiger partial charge in [-0.25, -0.2) is 4.79 Å². The largest absolute Gasteiger partial charge is 0.452 e. The van der Waals surface area contributed by atoms with E-state index in [1.807, 2.05) is 20.8 Å². The quantitative estimate of drug-likeness (QED) is 0.717. The number of piperidine rings is 1. The molecule has 1 aliphatic carbocycles. The van der Waals surface area contributed by atoms with Crippen LogP contribution in [-0.4, -0.2) is 53.7 Å². The smallest absolute Gasteiger partial charge is 0.410 e. The van der Waals surface area contributed by atoms with Crippen molar-refractivity contribution in [2.75, 3.05) is 13.1 Å². The van der Waals surface area contributed by atoms with Gasteiger partial charge in [-0.1, -0.05) is 26.7 Å². The first kappa shape index (κ1) is 23.5. The number of hydrogen-bond donors (Lipinski definition) is 1. The summed E-state index contributed by atoms with van der Waals surface area (Å²) >= 11 is 0. The van der Waals surface area contributed by atoms with Gasteiger partial charge in [0.05, 0.1) is 5.92 Å². The predicted octanol–water partition coefficient (Wildman–Crippen LogP) is 3.51. The zero-order valence-electron chi connectivity index (χ0n) is 18.8. The van der Waals surface area contributed by atoms with E-state index in [1.54, 1.807) is 11.8 Å². The van der Waals surface area contributed by atoms with Crippen molar-refractivity contribution in [3.8, 4) is 0 Å². The Kier molecular flexibility index (Phi) is 7.94. The van der Waals surface area contributed by atoms with Crippen LogP contribution in [-0.2, 0) is 19.1 Å². The summed E-state index contributed by atoms with van der Waals surface area (Å²) in [5.41, 5.74) is -0.538. The lowest BCUT2D eigenvalue weighted by molar-refractivity contribution is -0.160. The second kappa shape index (κ2) is 9.81. The average Bonchev–Trinajstić information content (AvgIpc) is 2.64. The van der Waals surface area contributed by atoms with Gasteiger partial charge in [0.2, 0.25) is 0 Å². The first-order valence-electron chi connectivity index (χ1n) is 11.0.